The van der Waals surface area contributed by atoms with Crippen LogP contribution in [-0.2, 0) is 17.9 Å². The van der Waals surface area contributed by atoms with Crippen molar-refractivity contribution >= 4 is 17.3 Å². The second-order valence-electron chi connectivity index (χ2n) is 6.75. The number of benzene rings is 1. The van der Waals surface area contributed by atoms with Crippen molar-refractivity contribution in [1.82, 2.24) is 14.5 Å². The summed E-state index contributed by atoms with van der Waals surface area (Å²) in [5.74, 6) is 0.334. The first-order valence-electron chi connectivity index (χ1n) is 9.33. The highest BCUT2D eigenvalue weighted by molar-refractivity contribution is 5.80. The highest BCUT2D eigenvalue weighted by Gasteiger charge is 2.22. The Kier molecular flexibility index (Phi) is 6.98. The largest absolute Gasteiger partial charge is 0.399 e. The summed E-state index contributed by atoms with van der Waals surface area (Å²) in [5, 5.41) is 2.74. The number of allylic oxidation sites excluding steroid dienone is 1. The number of rotatable bonds is 5. The van der Waals surface area contributed by atoms with Gasteiger partial charge in [0.15, 0.2) is 0 Å². The number of aldehydes is 1. The number of nitrogens with two attached hydrogens (primary N) is 1. The van der Waals surface area contributed by atoms with Gasteiger partial charge in [-0.3, -0.25) is 14.2 Å². The average molecular weight is 372 g/mol. The molecule has 3 N–H and O–H groups in total. The fourth-order valence-electron chi connectivity index (χ4n) is 3.22. The Labute approximate surface area is 158 Å². The van der Waals surface area contributed by atoms with Crippen LogP contribution in [0.25, 0.3) is 11.0 Å². The normalized spacial score (nSPS) is 15.8. The van der Waals surface area contributed by atoms with Crippen LogP contribution in [0.3, 0.4) is 0 Å². The van der Waals surface area contributed by atoms with Gasteiger partial charge in [-0.1, -0.05) is 39.3 Å². The minimum absolute atomic E-state index is 0.0924. The highest BCUT2D eigenvalue weighted by Crippen LogP contribution is 2.30. The molecule has 0 saturated heterocycles. The van der Waals surface area contributed by atoms with Gasteiger partial charge in [0.1, 0.15) is 6.29 Å². The Morgan fingerprint density at radius 3 is 2.67 bits per heavy atom. The molecular weight excluding hydrogens is 344 g/mol. The molecule has 1 aliphatic rings. The lowest BCUT2D eigenvalue weighted by Crippen LogP contribution is -2.43. The van der Waals surface area contributed by atoms with E-state index in [9.17, 15) is 14.4 Å². The zero-order chi connectivity index (χ0) is 20.0. The Morgan fingerprint density at radius 2 is 2.00 bits per heavy atom. The molecule has 1 aliphatic heterocycles. The van der Waals surface area contributed by atoms with E-state index in [4.69, 9.17) is 5.73 Å². The van der Waals surface area contributed by atoms with E-state index >= 15 is 0 Å². The molecule has 0 aliphatic carbocycles. The van der Waals surface area contributed by atoms with Crippen LogP contribution in [0.2, 0.25) is 0 Å². The number of aryl methyl sites for hydroxylation is 1. The SMILES string of the molecule is CC1CCn2c(=O)c(=O)n(C/C(N)=C/NCC=O)c3cccc1c32.CCC. The minimum atomic E-state index is -0.582. The molecule has 0 bridgehead atoms. The summed E-state index contributed by atoms with van der Waals surface area (Å²) in [6.45, 7) is 7.15. The maximum absolute atomic E-state index is 12.5. The zero-order valence-electron chi connectivity index (χ0n) is 16.2. The lowest BCUT2D eigenvalue weighted by molar-refractivity contribution is -0.107. The quantitative estimate of drug-likeness (QED) is 0.473. The summed E-state index contributed by atoms with van der Waals surface area (Å²) < 4.78 is 2.98. The van der Waals surface area contributed by atoms with Gasteiger partial charge in [-0.2, -0.15) is 0 Å². The number of nitrogens with one attached hydrogen (secondary N) is 1. The Balaban J connectivity index is 0.000000817. The zero-order valence-corrected chi connectivity index (χ0v) is 16.2. The van der Waals surface area contributed by atoms with Crippen LogP contribution in [0.5, 0.6) is 0 Å². The van der Waals surface area contributed by atoms with E-state index < -0.39 is 11.1 Å². The first-order valence-corrected chi connectivity index (χ1v) is 9.33. The Bertz CT molecular complexity index is 956. The van der Waals surface area contributed by atoms with Crippen molar-refractivity contribution in [3.63, 3.8) is 0 Å². The monoisotopic (exact) mass is 372 g/mol. The second kappa shape index (κ2) is 9.21. The number of carbonyl (C=O) groups is 1. The third kappa shape index (κ3) is 4.30. The van der Waals surface area contributed by atoms with Gasteiger partial charge in [-0.25, -0.2) is 0 Å². The Morgan fingerprint density at radius 1 is 1.30 bits per heavy atom. The highest BCUT2D eigenvalue weighted by atomic mass is 16.2. The molecule has 0 saturated carbocycles. The van der Waals surface area contributed by atoms with E-state index in [0.29, 0.717) is 30.0 Å². The summed E-state index contributed by atoms with van der Waals surface area (Å²) >= 11 is 0. The molecule has 0 radical (unpaired) electrons. The molecule has 3 rings (SSSR count). The van der Waals surface area contributed by atoms with Crippen molar-refractivity contribution in [2.45, 2.75) is 52.6 Å². The van der Waals surface area contributed by atoms with Gasteiger partial charge in [0.05, 0.1) is 24.1 Å². The number of hydrogen-bond donors (Lipinski definition) is 2. The van der Waals surface area contributed by atoms with Crippen molar-refractivity contribution < 1.29 is 4.79 Å². The predicted octanol–water partition coefficient (Wildman–Crippen LogP) is 1.68. The molecule has 2 aromatic rings. The molecule has 0 amide bonds. The second-order valence-corrected chi connectivity index (χ2v) is 6.75. The van der Waals surface area contributed by atoms with Crippen LogP contribution < -0.4 is 22.2 Å². The summed E-state index contributed by atoms with van der Waals surface area (Å²) in [7, 11) is 0. The molecule has 1 aromatic carbocycles. The molecule has 0 spiro atoms. The number of hydrogen-bond acceptors (Lipinski definition) is 5. The number of aromatic nitrogens is 2. The van der Waals surface area contributed by atoms with E-state index in [1.165, 1.54) is 17.2 Å². The lowest BCUT2D eigenvalue weighted by atomic mass is 9.93. The van der Waals surface area contributed by atoms with E-state index in [1.807, 2.05) is 18.2 Å². The summed E-state index contributed by atoms with van der Waals surface area (Å²) in [5.41, 5.74) is 7.78. The molecule has 7 heteroatoms. The molecule has 1 aromatic heterocycles. The number of para-hydroxylation sites is 1. The van der Waals surface area contributed by atoms with Gasteiger partial charge < -0.3 is 20.4 Å². The minimum Gasteiger partial charge on any atom is -0.399 e. The van der Waals surface area contributed by atoms with Gasteiger partial charge in [-0.05, 0) is 24.0 Å². The van der Waals surface area contributed by atoms with E-state index in [1.54, 1.807) is 4.57 Å². The maximum atomic E-state index is 12.5. The fraction of sp³-hybridized carbons (Fsp3) is 0.450. The molecule has 2 heterocycles. The molecule has 7 nitrogen and oxygen atoms in total. The summed E-state index contributed by atoms with van der Waals surface area (Å²) in [4.78, 5) is 35.3. The van der Waals surface area contributed by atoms with Crippen LogP contribution in [0.15, 0.2) is 39.7 Å². The molecule has 1 atom stereocenters. The summed E-state index contributed by atoms with van der Waals surface area (Å²) in [6, 6.07) is 5.73. The van der Waals surface area contributed by atoms with Crippen LogP contribution in [0.1, 0.15) is 45.1 Å². The molecular formula is C20H28N4O3. The maximum Gasteiger partial charge on any atom is 0.317 e. The van der Waals surface area contributed by atoms with Gasteiger partial charge in [0, 0.05) is 18.4 Å². The third-order valence-electron chi connectivity index (χ3n) is 4.43. The Hall–Kier alpha value is -2.83. The molecule has 1 unspecified atom stereocenters. The lowest BCUT2D eigenvalue weighted by Gasteiger charge is -2.25. The smallest absolute Gasteiger partial charge is 0.317 e. The van der Waals surface area contributed by atoms with Crippen LogP contribution in [-0.4, -0.2) is 22.0 Å². The van der Waals surface area contributed by atoms with Gasteiger partial charge in [0.25, 0.3) is 0 Å². The fourth-order valence-corrected chi connectivity index (χ4v) is 3.22. The van der Waals surface area contributed by atoms with Crippen LogP contribution in [0.4, 0.5) is 0 Å². The van der Waals surface area contributed by atoms with Crippen LogP contribution in [0, 0.1) is 0 Å². The van der Waals surface area contributed by atoms with Crippen molar-refractivity contribution in [3.05, 3.63) is 56.4 Å². The molecule has 27 heavy (non-hydrogen) atoms. The van der Waals surface area contributed by atoms with Gasteiger partial charge in [-0.15, -0.1) is 0 Å². The topological polar surface area (TPSA) is 99.1 Å². The standard InChI is InChI=1S/C17H20N4O3.C3H8/c1-11-5-7-20-15-13(11)3-2-4-14(15)21(17(24)16(20)23)10-12(18)9-19-6-8-22;1-3-2/h2-4,8-9,11,19H,5-7,10,18H2,1H3;3H2,1-2H3/b12-9-;. The predicted molar refractivity (Wildman–Crippen MR) is 108 cm³/mol. The first kappa shape index (κ1) is 20.5. The van der Waals surface area contributed by atoms with Crippen LogP contribution >= 0.6 is 0 Å². The van der Waals surface area contributed by atoms with E-state index in [2.05, 4.69) is 26.1 Å². The third-order valence-corrected chi connectivity index (χ3v) is 4.43. The first-order chi connectivity index (χ1) is 13.0. The van der Waals surface area contributed by atoms with E-state index in [-0.39, 0.29) is 13.1 Å². The molecule has 146 valence electrons. The number of nitrogens with zero attached hydrogens (tertiary/aromatic N) is 2. The molecule has 0 fully saturated rings. The van der Waals surface area contributed by atoms with Crippen molar-refractivity contribution in [2.75, 3.05) is 6.54 Å². The summed E-state index contributed by atoms with van der Waals surface area (Å²) in [6.07, 6.45) is 4.29. The van der Waals surface area contributed by atoms with E-state index in [0.717, 1.165) is 17.5 Å². The number of carbonyl (C=O) groups excluding carboxylic acids is 1. The average Bonchev–Trinajstić information content (AvgIpc) is 2.65. The van der Waals surface area contributed by atoms with Crippen molar-refractivity contribution in [3.8, 4) is 0 Å². The van der Waals surface area contributed by atoms with Gasteiger partial charge in [0.2, 0.25) is 0 Å². The van der Waals surface area contributed by atoms with Gasteiger partial charge >= 0.3 is 11.1 Å². The van der Waals surface area contributed by atoms with Crippen molar-refractivity contribution in [2.24, 2.45) is 5.73 Å². The van der Waals surface area contributed by atoms with Crippen molar-refractivity contribution in [1.29, 1.82) is 0 Å².